The third kappa shape index (κ3) is 9.72. The quantitative estimate of drug-likeness (QED) is 0.174. The van der Waals surface area contributed by atoms with Gasteiger partial charge in [-0.2, -0.15) is 0 Å². The number of H-pyrrole nitrogens is 1. The van der Waals surface area contributed by atoms with Crippen LogP contribution in [0.4, 0.5) is 0 Å². The van der Waals surface area contributed by atoms with Crippen LogP contribution in [0.25, 0.3) is 0 Å². The second kappa shape index (κ2) is 17.7. The number of Topliss-reactive ketones (excluding diaryl/α,β-unsaturated/α-hetero) is 1. The number of methoxy groups -OCH3 is 1. The van der Waals surface area contributed by atoms with E-state index in [2.05, 4.69) is 0 Å². The molecule has 0 amide bonds. The third-order valence-electron chi connectivity index (χ3n) is 7.47. The molecule has 0 aromatic carbocycles. The molecule has 218 valence electrons. The van der Waals surface area contributed by atoms with Crippen molar-refractivity contribution in [2.45, 2.75) is 127 Å². The molecule has 1 fully saturated rings. The van der Waals surface area contributed by atoms with E-state index >= 15 is 0 Å². The lowest BCUT2D eigenvalue weighted by Crippen LogP contribution is -2.54. The van der Waals surface area contributed by atoms with Gasteiger partial charge in [-0.15, -0.1) is 0 Å². The van der Waals surface area contributed by atoms with Gasteiger partial charge in [0, 0.05) is 32.4 Å². The van der Waals surface area contributed by atoms with Gasteiger partial charge in [0.25, 0.3) is 5.56 Å². The Kier molecular flexibility index (Phi) is 15.1. The van der Waals surface area contributed by atoms with Crippen LogP contribution in [0.5, 0.6) is 0 Å². The van der Waals surface area contributed by atoms with Crippen molar-refractivity contribution in [3.05, 3.63) is 33.1 Å². The SMILES string of the molecule is COCCCCCCCCCCCCCCCCCC(=O)[C@@]1(O)[C@H](O)[C@@H](CO)O[C@H]1n1ccc(=O)[nH]c1=O. The maximum Gasteiger partial charge on any atom is 0.330 e. The van der Waals surface area contributed by atoms with Gasteiger partial charge >= 0.3 is 5.69 Å². The number of hydrogen-bond acceptors (Lipinski definition) is 8. The number of ether oxygens (including phenoxy) is 2. The molecule has 1 aromatic rings. The molecule has 1 aliphatic heterocycles. The standard InChI is InChI=1S/C28H48N2O8/c1-37-20-16-14-12-10-8-6-4-2-3-5-7-9-11-13-15-17-23(32)28(36)25(34)22(21-31)38-26(28)30-19-18-24(33)29-27(30)35/h18-19,22,25-26,31,34,36H,2-17,20-21H2,1H3,(H,29,33,35)/t22-,25-,26-,28-/m1/s1. The van der Waals surface area contributed by atoms with Crippen molar-refractivity contribution in [1.29, 1.82) is 0 Å². The fourth-order valence-electron chi connectivity index (χ4n) is 5.14. The number of carbonyl (C=O) groups is 1. The highest BCUT2D eigenvalue weighted by molar-refractivity contribution is 5.88. The Morgan fingerprint density at radius 3 is 1.92 bits per heavy atom. The fourth-order valence-corrected chi connectivity index (χ4v) is 5.14. The van der Waals surface area contributed by atoms with Crippen LogP contribution in [-0.4, -0.2) is 68.8 Å². The number of aliphatic hydroxyl groups is 3. The van der Waals surface area contributed by atoms with Crippen LogP contribution < -0.4 is 11.2 Å². The molecule has 1 aromatic heterocycles. The fraction of sp³-hybridized carbons (Fsp3) is 0.821. The number of unbranched alkanes of at least 4 members (excludes halogenated alkanes) is 14. The highest BCUT2D eigenvalue weighted by Gasteiger charge is 2.60. The molecule has 0 bridgehead atoms. The number of aliphatic hydroxyl groups excluding tert-OH is 2. The summed E-state index contributed by atoms with van der Waals surface area (Å²) in [6.07, 6.45) is 14.0. The van der Waals surface area contributed by atoms with Gasteiger partial charge in [0.1, 0.15) is 12.2 Å². The van der Waals surface area contributed by atoms with Crippen LogP contribution >= 0.6 is 0 Å². The molecule has 0 aliphatic carbocycles. The van der Waals surface area contributed by atoms with Gasteiger partial charge in [-0.1, -0.05) is 83.5 Å². The van der Waals surface area contributed by atoms with E-state index in [1.165, 1.54) is 70.6 Å². The Bertz CT molecular complexity index is 917. The molecule has 2 heterocycles. The number of ketones is 1. The first-order valence-electron chi connectivity index (χ1n) is 14.4. The summed E-state index contributed by atoms with van der Waals surface area (Å²) in [5.74, 6) is -0.654. The van der Waals surface area contributed by atoms with Gasteiger partial charge in [0.15, 0.2) is 17.6 Å². The summed E-state index contributed by atoms with van der Waals surface area (Å²) < 4.78 is 11.4. The van der Waals surface area contributed by atoms with Crippen molar-refractivity contribution < 1.29 is 29.6 Å². The molecule has 10 heteroatoms. The summed E-state index contributed by atoms with van der Waals surface area (Å²) in [4.78, 5) is 38.7. The summed E-state index contributed by atoms with van der Waals surface area (Å²) in [7, 11) is 1.75. The summed E-state index contributed by atoms with van der Waals surface area (Å²) >= 11 is 0. The topological polar surface area (TPSA) is 151 Å². The number of carbonyl (C=O) groups excluding carboxylic acids is 1. The summed E-state index contributed by atoms with van der Waals surface area (Å²) in [5.41, 5.74) is -3.92. The molecule has 0 saturated carbocycles. The van der Waals surface area contributed by atoms with Crippen molar-refractivity contribution in [3.63, 3.8) is 0 Å². The minimum atomic E-state index is -2.40. The van der Waals surface area contributed by atoms with Gasteiger partial charge in [0.05, 0.1) is 6.61 Å². The highest BCUT2D eigenvalue weighted by atomic mass is 16.6. The lowest BCUT2D eigenvalue weighted by atomic mass is 9.86. The summed E-state index contributed by atoms with van der Waals surface area (Å²) in [6, 6.07) is 1.06. The van der Waals surface area contributed by atoms with Crippen molar-refractivity contribution in [3.8, 4) is 0 Å². The molecule has 0 spiro atoms. The normalized spacial score (nSPS) is 23.2. The Balaban J connectivity index is 1.61. The predicted octanol–water partition coefficient (Wildman–Crippen LogP) is 2.98. The maximum absolute atomic E-state index is 13.0. The Morgan fingerprint density at radius 1 is 0.947 bits per heavy atom. The molecule has 2 rings (SSSR count). The van der Waals surface area contributed by atoms with Crippen LogP contribution in [0.2, 0.25) is 0 Å². The van der Waals surface area contributed by atoms with E-state index in [-0.39, 0.29) is 6.42 Å². The molecule has 38 heavy (non-hydrogen) atoms. The van der Waals surface area contributed by atoms with Crippen LogP contribution in [0.15, 0.2) is 21.9 Å². The molecule has 1 saturated heterocycles. The van der Waals surface area contributed by atoms with Crippen molar-refractivity contribution in [2.75, 3.05) is 20.3 Å². The minimum absolute atomic E-state index is 0.00997. The zero-order valence-corrected chi connectivity index (χ0v) is 22.9. The number of nitrogens with one attached hydrogen (secondary N) is 1. The lowest BCUT2D eigenvalue weighted by Gasteiger charge is -2.30. The number of aromatic amines is 1. The van der Waals surface area contributed by atoms with E-state index in [1.54, 1.807) is 7.11 Å². The van der Waals surface area contributed by atoms with E-state index in [4.69, 9.17) is 9.47 Å². The molecule has 4 atom stereocenters. The van der Waals surface area contributed by atoms with E-state index in [1.807, 2.05) is 4.98 Å². The second-order valence-electron chi connectivity index (χ2n) is 10.5. The van der Waals surface area contributed by atoms with Crippen LogP contribution in [0.3, 0.4) is 0 Å². The predicted molar refractivity (Wildman–Crippen MR) is 144 cm³/mol. The Hall–Kier alpha value is -1.85. The summed E-state index contributed by atoms with van der Waals surface area (Å²) in [6.45, 7) is 0.233. The van der Waals surface area contributed by atoms with Crippen LogP contribution in [-0.2, 0) is 14.3 Å². The average Bonchev–Trinajstić information content (AvgIpc) is 3.16. The highest BCUT2D eigenvalue weighted by Crippen LogP contribution is 2.39. The Labute approximate surface area is 225 Å². The zero-order valence-electron chi connectivity index (χ0n) is 22.9. The monoisotopic (exact) mass is 540 g/mol. The number of aromatic nitrogens is 2. The van der Waals surface area contributed by atoms with E-state index < -0.39 is 47.7 Å². The summed E-state index contributed by atoms with van der Waals surface area (Å²) in [5, 5.41) is 31.2. The minimum Gasteiger partial charge on any atom is -0.394 e. The van der Waals surface area contributed by atoms with Crippen molar-refractivity contribution in [2.24, 2.45) is 0 Å². The van der Waals surface area contributed by atoms with Crippen molar-refractivity contribution in [1.82, 2.24) is 9.55 Å². The van der Waals surface area contributed by atoms with Gasteiger partial charge in [-0.25, -0.2) is 4.79 Å². The van der Waals surface area contributed by atoms with Gasteiger partial charge in [0.2, 0.25) is 0 Å². The molecule has 0 radical (unpaired) electrons. The zero-order chi connectivity index (χ0) is 27.8. The number of nitrogens with zero attached hydrogens (tertiary/aromatic N) is 1. The first-order valence-corrected chi connectivity index (χ1v) is 14.4. The van der Waals surface area contributed by atoms with Crippen LogP contribution in [0.1, 0.15) is 109 Å². The molecular formula is C28H48N2O8. The number of rotatable bonds is 21. The molecular weight excluding hydrogens is 492 g/mol. The van der Waals surface area contributed by atoms with Gasteiger partial charge in [-0.05, 0) is 12.8 Å². The first-order chi connectivity index (χ1) is 18.4. The number of hydrogen-bond donors (Lipinski definition) is 4. The molecule has 10 nitrogen and oxygen atoms in total. The second-order valence-corrected chi connectivity index (χ2v) is 10.5. The van der Waals surface area contributed by atoms with Crippen LogP contribution in [0, 0.1) is 0 Å². The van der Waals surface area contributed by atoms with Crippen molar-refractivity contribution >= 4 is 5.78 Å². The lowest BCUT2D eigenvalue weighted by molar-refractivity contribution is -0.159. The van der Waals surface area contributed by atoms with E-state index in [0.29, 0.717) is 6.42 Å². The molecule has 4 N–H and O–H groups in total. The van der Waals surface area contributed by atoms with Gasteiger partial charge in [-0.3, -0.25) is 19.1 Å². The van der Waals surface area contributed by atoms with Gasteiger partial charge < -0.3 is 24.8 Å². The maximum atomic E-state index is 13.0. The van der Waals surface area contributed by atoms with E-state index in [0.717, 1.165) is 42.7 Å². The van der Waals surface area contributed by atoms with E-state index in [9.17, 15) is 29.7 Å². The molecule has 0 unspecified atom stereocenters. The first kappa shape index (κ1) is 32.4. The Morgan fingerprint density at radius 2 is 1.45 bits per heavy atom. The smallest absolute Gasteiger partial charge is 0.330 e. The third-order valence-corrected chi connectivity index (χ3v) is 7.47. The molecule has 1 aliphatic rings. The average molecular weight is 541 g/mol. The largest absolute Gasteiger partial charge is 0.394 e.